The highest BCUT2D eigenvalue weighted by molar-refractivity contribution is 9.11. The summed E-state index contributed by atoms with van der Waals surface area (Å²) < 4.78 is 33.8. The standard InChI is InChI=1S/C13H15Br2NO4S/c1-20-13(17)9-3-2-4-12(9)21(18,19)16-11-7-8(14)5-6-10(11)15/h5-7,9,12,16H,2-4H2,1H3. The van der Waals surface area contributed by atoms with E-state index in [-0.39, 0.29) is 0 Å². The predicted molar refractivity (Wildman–Crippen MR) is 87.5 cm³/mol. The van der Waals surface area contributed by atoms with Crippen molar-refractivity contribution < 1.29 is 17.9 Å². The minimum Gasteiger partial charge on any atom is -0.469 e. The van der Waals surface area contributed by atoms with E-state index >= 15 is 0 Å². The van der Waals surface area contributed by atoms with Gasteiger partial charge in [-0.1, -0.05) is 22.4 Å². The molecule has 1 N–H and O–H groups in total. The Balaban J connectivity index is 2.25. The first-order valence-electron chi connectivity index (χ1n) is 6.39. The van der Waals surface area contributed by atoms with Gasteiger partial charge in [0.25, 0.3) is 0 Å². The highest BCUT2D eigenvalue weighted by atomic mass is 79.9. The quantitative estimate of drug-likeness (QED) is 0.729. The Kier molecular flexibility index (Phi) is 5.32. The Morgan fingerprint density at radius 1 is 1.33 bits per heavy atom. The molecule has 21 heavy (non-hydrogen) atoms. The molecule has 1 aliphatic carbocycles. The van der Waals surface area contributed by atoms with Gasteiger partial charge in [0.05, 0.1) is 24.0 Å². The Morgan fingerprint density at radius 2 is 2.05 bits per heavy atom. The minimum absolute atomic E-state index is 0.444. The summed E-state index contributed by atoms with van der Waals surface area (Å²) in [5.41, 5.74) is 0.444. The Morgan fingerprint density at radius 3 is 2.71 bits per heavy atom. The second-order valence-electron chi connectivity index (χ2n) is 4.87. The average molecular weight is 441 g/mol. The van der Waals surface area contributed by atoms with Crippen LogP contribution in [0, 0.1) is 5.92 Å². The van der Waals surface area contributed by atoms with Crippen LogP contribution >= 0.6 is 31.9 Å². The lowest BCUT2D eigenvalue weighted by Gasteiger charge is -2.19. The minimum atomic E-state index is -3.66. The van der Waals surface area contributed by atoms with Crippen LogP contribution < -0.4 is 4.72 Å². The molecule has 0 spiro atoms. The van der Waals surface area contributed by atoms with Gasteiger partial charge in [-0.25, -0.2) is 8.42 Å². The van der Waals surface area contributed by atoms with E-state index in [1.54, 1.807) is 18.2 Å². The molecule has 5 nitrogen and oxygen atoms in total. The van der Waals surface area contributed by atoms with Gasteiger partial charge >= 0.3 is 5.97 Å². The summed E-state index contributed by atoms with van der Waals surface area (Å²) >= 11 is 6.61. The number of hydrogen-bond acceptors (Lipinski definition) is 4. The summed E-state index contributed by atoms with van der Waals surface area (Å²) in [6, 6.07) is 5.22. The van der Waals surface area contributed by atoms with Crippen molar-refractivity contribution in [3.8, 4) is 0 Å². The molecule has 1 fully saturated rings. The molecule has 2 rings (SSSR count). The second-order valence-corrected chi connectivity index (χ2v) is 8.54. The summed E-state index contributed by atoms with van der Waals surface area (Å²) in [6.45, 7) is 0. The lowest BCUT2D eigenvalue weighted by molar-refractivity contribution is -0.145. The van der Waals surface area contributed by atoms with Gasteiger partial charge < -0.3 is 4.74 Å². The van der Waals surface area contributed by atoms with Crippen LogP contribution in [-0.4, -0.2) is 26.7 Å². The number of ether oxygens (including phenoxy) is 1. The summed E-state index contributed by atoms with van der Waals surface area (Å²) in [5, 5.41) is -0.754. The molecule has 0 amide bonds. The van der Waals surface area contributed by atoms with Crippen molar-refractivity contribution in [2.75, 3.05) is 11.8 Å². The van der Waals surface area contributed by atoms with E-state index in [0.717, 1.165) is 4.47 Å². The molecule has 8 heteroatoms. The van der Waals surface area contributed by atoms with Crippen LogP contribution in [0.4, 0.5) is 5.69 Å². The molecule has 1 aromatic carbocycles. The van der Waals surface area contributed by atoms with E-state index in [1.807, 2.05) is 0 Å². The Hall–Kier alpha value is -0.600. The highest BCUT2D eigenvalue weighted by Gasteiger charge is 2.42. The zero-order valence-corrected chi connectivity index (χ0v) is 15.3. The van der Waals surface area contributed by atoms with Crippen molar-refractivity contribution in [2.24, 2.45) is 5.92 Å². The summed E-state index contributed by atoms with van der Waals surface area (Å²) in [6.07, 6.45) is 1.70. The van der Waals surface area contributed by atoms with Crippen molar-refractivity contribution in [1.29, 1.82) is 0 Å². The van der Waals surface area contributed by atoms with Crippen LogP contribution in [0.1, 0.15) is 19.3 Å². The molecule has 1 saturated carbocycles. The van der Waals surface area contributed by atoms with Gasteiger partial charge in [-0.15, -0.1) is 0 Å². The maximum atomic E-state index is 12.5. The molecular weight excluding hydrogens is 426 g/mol. The third-order valence-electron chi connectivity index (χ3n) is 3.54. The zero-order valence-electron chi connectivity index (χ0n) is 11.3. The van der Waals surface area contributed by atoms with Gasteiger partial charge in [-0.3, -0.25) is 9.52 Å². The first-order chi connectivity index (χ1) is 9.85. The Bertz CT molecular complexity index is 648. The molecule has 1 aromatic rings. The number of anilines is 1. The van der Waals surface area contributed by atoms with Crippen molar-refractivity contribution in [3.63, 3.8) is 0 Å². The molecule has 0 radical (unpaired) electrons. The fraction of sp³-hybridized carbons (Fsp3) is 0.462. The fourth-order valence-electron chi connectivity index (χ4n) is 2.52. The lowest BCUT2D eigenvalue weighted by Crippen LogP contribution is -2.35. The topological polar surface area (TPSA) is 72.5 Å². The van der Waals surface area contributed by atoms with Gasteiger partial charge in [0.15, 0.2) is 0 Å². The van der Waals surface area contributed by atoms with Crippen LogP contribution in [0.25, 0.3) is 0 Å². The van der Waals surface area contributed by atoms with Gasteiger partial charge in [-0.2, -0.15) is 0 Å². The van der Waals surface area contributed by atoms with Crippen molar-refractivity contribution >= 4 is 53.5 Å². The molecule has 2 atom stereocenters. The number of methoxy groups -OCH3 is 1. The second kappa shape index (κ2) is 6.66. The molecule has 0 saturated heterocycles. The number of benzene rings is 1. The van der Waals surface area contributed by atoms with E-state index in [0.29, 0.717) is 29.4 Å². The molecule has 1 aliphatic rings. The number of rotatable bonds is 4. The van der Waals surface area contributed by atoms with Crippen LogP contribution in [-0.2, 0) is 19.6 Å². The maximum absolute atomic E-state index is 12.5. The number of carbonyl (C=O) groups is 1. The first-order valence-corrected chi connectivity index (χ1v) is 9.53. The predicted octanol–water partition coefficient (Wildman–Crippen LogP) is 3.30. The molecule has 2 unspecified atom stereocenters. The molecule has 0 aliphatic heterocycles. The van der Waals surface area contributed by atoms with Crippen LogP contribution in [0.5, 0.6) is 0 Å². The van der Waals surface area contributed by atoms with Crippen LogP contribution in [0.2, 0.25) is 0 Å². The molecule has 0 bridgehead atoms. The van der Waals surface area contributed by atoms with E-state index in [9.17, 15) is 13.2 Å². The van der Waals surface area contributed by atoms with Gasteiger partial charge in [0.2, 0.25) is 10.0 Å². The van der Waals surface area contributed by atoms with E-state index < -0.39 is 27.2 Å². The van der Waals surface area contributed by atoms with E-state index in [4.69, 9.17) is 4.74 Å². The van der Waals surface area contributed by atoms with Crippen molar-refractivity contribution in [1.82, 2.24) is 0 Å². The number of carbonyl (C=O) groups excluding carboxylic acids is 1. The van der Waals surface area contributed by atoms with E-state index in [1.165, 1.54) is 7.11 Å². The molecule has 116 valence electrons. The highest BCUT2D eigenvalue weighted by Crippen LogP contribution is 2.34. The lowest BCUT2D eigenvalue weighted by atomic mass is 10.1. The number of hydrogen-bond donors (Lipinski definition) is 1. The summed E-state index contributed by atoms with van der Waals surface area (Å²) in [5.74, 6) is -1.06. The molecule has 0 aromatic heterocycles. The largest absolute Gasteiger partial charge is 0.469 e. The SMILES string of the molecule is COC(=O)C1CCCC1S(=O)(=O)Nc1cc(Br)ccc1Br. The average Bonchev–Trinajstić information content (AvgIpc) is 2.92. The number of halogens is 2. The molecule has 0 heterocycles. The number of esters is 1. The smallest absolute Gasteiger partial charge is 0.310 e. The first kappa shape index (κ1) is 16.8. The number of nitrogens with one attached hydrogen (secondary N) is 1. The third-order valence-corrected chi connectivity index (χ3v) is 6.59. The van der Waals surface area contributed by atoms with Crippen LogP contribution in [0.15, 0.2) is 27.1 Å². The summed E-state index contributed by atoms with van der Waals surface area (Å²) in [4.78, 5) is 11.7. The fourth-order valence-corrected chi connectivity index (χ4v) is 5.14. The monoisotopic (exact) mass is 439 g/mol. The Labute approximate surface area is 140 Å². The van der Waals surface area contributed by atoms with Crippen molar-refractivity contribution in [3.05, 3.63) is 27.1 Å². The maximum Gasteiger partial charge on any atom is 0.310 e. The van der Waals surface area contributed by atoms with Gasteiger partial charge in [-0.05, 0) is 47.0 Å². The van der Waals surface area contributed by atoms with E-state index in [2.05, 4.69) is 36.6 Å². The summed E-state index contributed by atoms with van der Waals surface area (Å²) in [7, 11) is -2.38. The van der Waals surface area contributed by atoms with Crippen molar-refractivity contribution in [2.45, 2.75) is 24.5 Å². The normalized spacial score (nSPS) is 22.0. The number of sulfonamides is 1. The third kappa shape index (κ3) is 3.78. The van der Waals surface area contributed by atoms with Gasteiger partial charge in [0.1, 0.15) is 0 Å². The van der Waals surface area contributed by atoms with Crippen LogP contribution in [0.3, 0.4) is 0 Å². The van der Waals surface area contributed by atoms with Gasteiger partial charge in [0, 0.05) is 8.95 Å². The molecular formula is C13H15Br2NO4S. The zero-order chi connectivity index (χ0) is 15.6.